The van der Waals surface area contributed by atoms with Gasteiger partial charge < -0.3 is 10.2 Å². The number of anilines is 1. The Kier molecular flexibility index (Phi) is 5.76. The lowest BCUT2D eigenvalue weighted by atomic mass is 10.1. The van der Waals surface area contributed by atoms with Crippen LogP contribution in [0.4, 0.5) is 5.69 Å². The van der Waals surface area contributed by atoms with Gasteiger partial charge in [0, 0.05) is 34.7 Å². The van der Waals surface area contributed by atoms with Crippen LogP contribution < -0.4 is 10.2 Å². The van der Waals surface area contributed by atoms with Crippen molar-refractivity contribution in [1.29, 1.82) is 0 Å². The van der Waals surface area contributed by atoms with Crippen molar-refractivity contribution >= 4 is 45.0 Å². The highest BCUT2D eigenvalue weighted by Crippen LogP contribution is 2.26. The predicted octanol–water partition coefficient (Wildman–Crippen LogP) is 3.81. The largest absolute Gasteiger partial charge is 0.355 e. The average Bonchev–Trinajstić information content (AvgIpc) is 2.99. The van der Waals surface area contributed by atoms with E-state index in [0.29, 0.717) is 24.5 Å². The maximum atomic E-state index is 12.4. The summed E-state index contributed by atoms with van der Waals surface area (Å²) >= 11 is 9.50. The number of hydrogen-bond acceptors (Lipinski definition) is 2. The first-order valence-corrected chi connectivity index (χ1v) is 9.29. The van der Waals surface area contributed by atoms with Crippen molar-refractivity contribution < 1.29 is 9.59 Å². The van der Waals surface area contributed by atoms with Crippen LogP contribution in [-0.4, -0.2) is 24.9 Å². The molecule has 1 N–H and O–H groups in total. The molecule has 1 unspecified atom stereocenters. The molecule has 1 saturated heterocycles. The highest BCUT2D eigenvalue weighted by atomic mass is 79.9. The summed E-state index contributed by atoms with van der Waals surface area (Å²) in [6, 6.07) is 15.1. The van der Waals surface area contributed by atoms with Gasteiger partial charge in [-0.2, -0.15) is 0 Å². The number of carbonyl (C=O) groups is 2. The molecule has 4 nitrogen and oxygen atoms in total. The molecule has 0 spiro atoms. The molecule has 2 amide bonds. The summed E-state index contributed by atoms with van der Waals surface area (Å²) in [5.74, 6) is -0.420. The Bertz CT molecular complexity index is 779. The number of benzene rings is 2. The van der Waals surface area contributed by atoms with Crippen molar-refractivity contribution in [2.24, 2.45) is 5.92 Å². The van der Waals surface area contributed by atoms with Crippen LogP contribution in [0.2, 0.25) is 5.02 Å². The van der Waals surface area contributed by atoms with Gasteiger partial charge in [-0.15, -0.1) is 0 Å². The third-order valence-corrected chi connectivity index (χ3v) is 5.18. The van der Waals surface area contributed by atoms with Crippen LogP contribution in [0.3, 0.4) is 0 Å². The standard InChI is InChI=1S/C19H18BrClN2O2/c20-15-5-7-16(8-6-15)23-12-14(11-18(23)24)19(25)22-10-9-13-3-1-2-4-17(13)21/h1-8,14H,9-12H2,(H,22,25). The van der Waals surface area contributed by atoms with Crippen molar-refractivity contribution in [3.8, 4) is 0 Å². The van der Waals surface area contributed by atoms with E-state index in [1.807, 2.05) is 48.5 Å². The molecule has 0 saturated carbocycles. The molecule has 2 aromatic rings. The summed E-state index contributed by atoms with van der Waals surface area (Å²) < 4.78 is 0.955. The predicted molar refractivity (Wildman–Crippen MR) is 103 cm³/mol. The molecule has 0 radical (unpaired) electrons. The fourth-order valence-electron chi connectivity index (χ4n) is 2.92. The van der Waals surface area contributed by atoms with Crippen molar-refractivity contribution in [3.63, 3.8) is 0 Å². The molecule has 3 rings (SSSR count). The third-order valence-electron chi connectivity index (χ3n) is 4.29. The van der Waals surface area contributed by atoms with Crippen LogP contribution >= 0.6 is 27.5 Å². The quantitative estimate of drug-likeness (QED) is 0.798. The molecule has 1 aliphatic heterocycles. The summed E-state index contributed by atoms with van der Waals surface area (Å²) in [6.45, 7) is 0.921. The Morgan fingerprint density at radius 1 is 1.20 bits per heavy atom. The zero-order chi connectivity index (χ0) is 17.8. The van der Waals surface area contributed by atoms with Gasteiger partial charge in [-0.25, -0.2) is 0 Å². The van der Waals surface area contributed by atoms with Crippen LogP contribution in [0.5, 0.6) is 0 Å². The van der Waals surface area contributed by atoms with Gasteiger partial charge in [-0.3, -0.25) is 9.59 Å². The minimum atomic E-state index is -0.317. The molecule has 1 atom stereocenters. The molecule has 1 heterocycles. The number of carbonyl (C=O) groups excluding carboxylic acids is 2. The van der Waals surface area contributed by atoms with Crippen molar-refractivity contribution in [1.82, 2.24) is 5.32 Å². The van der Waals surface area contributed by atoms with E-state index in [1.54, 1.807) is 4.90 Å². The van der Waals surface area contributed by atoms with Gasteiger partial charge >= 0.3 is 0 Å². The van der Waals surface area contributed by atoms with Gasteiger partial charge in [0.1, 0.15) is 0 Å². The third kappa shape index (κ3) is 4.41. The van der Waals surface area contributed by atoms with E-state index in [4.69, 9.17) is 11.6 Å². The van der Waals surface area contributed by atoms with E-state index in [0.717, 1.165) is 15.7 Å². The number of nitrogens with zero attached hydrogens (tertiary/aromatic N) is 1. The SMILES string of the molecule is O=C(NCCc1ccccc1Cl)C1CC(=O)N(c2ccc(Br)cc2)C1. The molecule has 1 aliphatic rings. The Balaban J connectivity index is 1.54. The summed E-state index contributed by atoms with van der Waals surface area (Å²) in [7, 11) is 0. The molecule has 6 heteroatoms. The van der Waals surface area contributed by atoms with E-state index in [1.165, 1.54) is 0 Å². The normalized spacial score (nSPS) is 17.0. The Hall–Kier alpha value is -1.85. The van der Waals surface area contributed by atoms with Gasteiger partial charge in [-0.1, -0.05) is 45.7 Å². The highest BCUT2D eigenvalue weighted by molar-refractivity contribution is 9.10. The van der Waals surface area contributed by atoms with Gasteiger partial charge in [0.05, 0.1) is 5.92 Å². The van der Waals surface area contributed by atoms with Crippen molar-refractivity contribution in [3.05, 3.63) is 63.6 Å². The lowest BCUT2D eigenvalue weighted by molar-refractivity contribution is -0.126. The Morgan fingerprint density at radius 2 is 1.92 bits per heavy atom. The zero-order valence-electron chi connectivity index (χ0n) is 13.5. The number of hydrogen-bond donors (Lipinski definition) is 1. The number of halogens is 2. The van der Waals surface area contributed by atoms with Gasteiger partial charge in [0.25, 0.3) is 0 Å². The van der Waals surface area contributed by atoms with Crippen molar-refractivity contribution in [2.75, 3.05) is 18.0 Å². The first-order valence-electron chi connectivity index (χ1n) is 8.11. The molecule has 0 aromatic heterocycles. The van der Waals surface area contributed by atoms with Crippen LogP contribution in [-0.2, 0) is 16.0 Å². The minimum Gasteiger partial charge on any atom is -0.355 e. The number of rotatable bonds is 5. The average molecular weight is 422 g/mol. The first-order chi connectivity index (χ1) is 12.0. The fraction of sp³-hybridized carbons (Fsp3) is 0.263. The van der Waals surface area contributed by atoms with Crippen LogP contribution in [0, 0.1) is 5.92 Å². The highest BCUT2D eigenvalue weighted by Gasteiger charge is 2.34. The lowest BCUT2D eigenvalue weighted by Gasteiger charge is -2.17. The summed E-state index contributed by atoms with van der Waals surface area (Å²) in [6.07, 6.45) is 0.913. The van der Waals surface area contributed by atoms with Gasteiger partial charge in [0.15, 0.2) is 0 Å². The van der Waals surface area contributed by atoms with E-state index in [-0.39, 0.29) is 24.2 Å². The van der Waals surface area contributed by atoms with Crippen molar-refractivity contribution in [2.45, 2.75) is 12.8 Å². The molecule has 2 aromatic carbocycles. The molecule has 0 aliphatic carbocycles. The summed E-state index contributed by atoms with van der Waals surface area (Å²) in [5.41, 5.74) is 1.82. The summed E-state index contributed by atoms with van der Waals surface area (Å²) in [4.78, 5) is 26.3. The van der Waals surface area contributed by atoms with E-state index in [9.17, 15) is 9.59 Å². The summed E-state index contributed by atoms with van der Waals surface area (Å²) in [5, 5.41) is 3.62. The molecule has 0 bridgehead atoms. The fourth-order valence-corrected chi connectivity index (χ4v) is 3.41. The maximum absolute atomic E-state index is 12.4. The van der Waals surface area contributed by atoms with E-state index < -0.39 is 0 Å². The Morgan fingerprint density at radius 3 is 2.64 bits per heavy atom. The van der Waals surface area contributed by atoms with Gasteiger partial charge in [-0.05, 0) is 42.3 Å². The second kappa shape index (κ2) is 8.02. The minimum absolute atomic E-state index is 0.0198. The topological polar surface area (TPSA) is 49.4 Å². The number of nitrogens with one attached hydrogen (secondary N) is 1. The number of amides is 2. The van der Waals surface area contributed by atoms with E-state index >= 15 is 0 Å². The maximum Gasteiger partial charge on any atom is 0.227 e. The smallest absolute Gasteiger partial charge is 0.227 e. The molecular formula is C19H18BrClN2O2. The van der Waals surface area contributed by atoms with Gasteiger partial charge in [0.2, 0.25) is 11.8 Å². The lowest BCUT2D eigenvalue weighted by Crippen LogP contribution is -2.34. The van der Waals surface area contributed by atoms with Crippen LogP contribution in [0.25, 0.3) is 0 Å². The van der Waals surface area contributed by atoms with E-state index in [2.05, 4.69) is 21.2 Å². The molecule has 130 valence electrons. The first kappa shape index (κ1) is 18.0. The second-order valence-electron chi connectivity index (χ2n) is 6.01. The Labute approximate surface area is 160 Å². The van der Waals surface area contributed by atoms with Crippen LogP contribution in [0.15, 0.2) is 53.0 Å². The zero-order valence-corrected chi connectivity index (χ0v) is 15.9. The monoisotopic (exact) mass is 420 g/mol. The molecular weight excluding hydrogens is 404 g/mol. The van der Waals surface area contributed by atoms with Crippen LogP contribution in [0.1, 0.15) is 12.0 Å². The second-order valence-corrected chi connectivity index (χ2v) is 7.34. The molecule has 25 heavy (non-hydrogen) atoms. The molecule has 1 fully saturated rings.